The molecule has 198 valence electrons. The first kappa shape index (κ1) is 27.0. The first-order valence-corrected chi connectivity index (χ1v) is 14.9. The summed E-state index contributed by atoms with van der Waals surface area (Å²) in [6.45, 7) is 9.19. The van der Waals surface area contributed by atoms with Crippen molar-refractivity contribution < 1.29 is 9.90 Å². The van der Waals surface area contributed by atoms with E-state index in [4.69, 9.17) is 0 Å². The van der Waals surface area contributed by atoms with Gasteiger partial charge in [0.05, 0.1) is 5.56 Å². The predicted octanol–water partition coefficient (Wildman–Crippen LogP) is 9.53. The van der Waals surface area contributed by atoms with Gasteiger partial charge in [-0.3, -0.25) is 0 Å². The Kier molecular flexibility index (Phi) is 8.05. The zero-order chi connectivity index (χ0) is 27.5. The van der Waals surface area contributed by atoms with Crippen LogP contribution in [-0.4, -0.2) is 11.1 Å². The van der Waals surface area contributed by atoms with Crippen molar-refractivity contribution in [1.29, 1.82) is 0 Å². The fourth-order valence-electron chi connectivity index (χ4n) is 5.87. The van der Waals surface area contributed by atoms with Gasteiger partial charge in [0.15, 0.2) is 0 Å². The molecule has 0 amide bonds. The summed E-state index contributed by atoms with van der Waals surface area (Å²) in [4.78, 5) is 11.5. The normalized spacial score (nSPS) is 18.6. The maximum Gasteiger partial charge on any atom is 0.335 e. The molecular weight excluding hydrogens is 495 g/mol. The zero-order valence-corrected chi connectivity index (χ0v) is 24.3. The number of carboxylic acids is 1. The summed E-state index contributed by atoms with van der Waals surface area (Å²) >= 11 is 0. The Hall–Kier alpha value is -3.61. The van der Waals surface area contributed by atoms with Gasteiger partial charge in [-0.15, -0.1) is 8.19 Å². The summed E-state index contributed by atoms with van der Waals surface area (Å²) in [5, 5.41) is 12.5. The molecular formula is C36H37O2P. The summed E-state index contributed by atoms with van der Waals surface area (Å²) in [5.41, 5.74) is 12.0. The largest absolute Gasteiger partial charge is 0.478 e. The molecule has 2 nitrogen and oxygen atoms in total. The van der Waals surface area contributed by atoms with Crippen molar-refractivity contribution in [3.05, 3.63) is 140 Å². The van der Waals surface area contributed by atoms with Gasteiger partial charge in [0.1, 0.15) is 0 Å². The number of fused-ring (bicyclic) bond motifs is 1. The summed E-state index contributed by atoms with van der Waals surface area (Å²) in [6.07, 6.45) is 15.8. The molecule has 1 aromatic heterocycles. The minimum absolute atomic E-state index is 0.315. The van der Waals surface area contributed by atoms with Gasteiger partial charge in [-0.2, -0.15) is 0 Å². The summed E-state index contributed by atoms with van der Waals surface area (Å²) < 4.78 is 0. The highest BCUT2D eigenvalue weighted by Crippen LogP contribution is 2.44. The smallest absolute Gasteiger partial charge is 0.335 e. The highest BCUT2D eigenvalue weighted by Gasteiger charge is 2.23. The third-order valence-corrected chi connectivity index (χ3v) is 9.57. The minimum Gasteiger partial charge on any atom is -0.478 e. The molecule has 2 unspecified atom stereocenters. The van der Waals surface area contributed by atoms with Crippen molar-refractivity contribution in [3.63, 3.8) is 0 Å². The zero-order valence-electron chi connectivity index (χ0n) is 23.3. The topological polar surface area (TPSA) is 37.3 Å². The van der Waals surface area contributed by atoms with Crippen molar-refractivity contribution in [1.82, 2.24) is 0 Å². The number of hydrogen-bond acceptors (Lipinski definition) is 1. The van der Waals surface area contributed by atoms with E-state index in [1.807, 2.05) is 12.1 Å². The van der Waals surface area contributed by atoms with Crippen LogP contribution in [0.1, 0.15) is 69.9 Å². The second kappa shape index (κ2) is 11.6. The lowest BCUT2D eigenvalue weighted by molar-refractivity contribution is 0.0697. The summed E-state index contributed by atoms with van der Waals surface area (Å²) in [6, 6.07) is 17.9. The third-order valence-electron chi connectivity index (χ3n) is 7.92. The lowest BCUT2D eigenvalue weighted by Crippen LogP contribution is -2.07. The lowest BCUT2D eigenvalue weighted by Gasteiger charge is -2.26. The molecule has 39 heavy (non-hydrogen) atoms. The van der Waals surface area contributed by atoms with Crippen LogP contribution in [0.3, 0.4) is 0 Å². The summed E-state index contributed by atoms with van der Waals surface area (Å²) in [5.74, 6) is -0.467. The molecule has 5 rings (SSSR count). The van der Waals surface area contributed by atoms with Crippen LogP contribution in [0.15, 0.2) is 102 Å². The highest BCUT2D eigenvalue weighted by atomic mass is 31.0. The van der Waals surface area contributed by atoms with E-state index in [0.29, 0.717) is 11.5 Å². The lowest BCUT2D eigenvalue weighted by atomic mass is 9.78. The Labute approximate surface area is 234 Å². The van der Waals surface area contributed by atoms with Gasteiger partial charge in [0, 0.05) is 0 Å². The molecule has 0 saturated carbocycles. The fourth-order valence-corrected chi connectivity index (χ4v) is 7.27. The standard InChI is InChI=1S/C36H37O2P/c1-5-34-24(3)35(25(4)39-34)31-19-23(2)11-18-32-30(22-31)20-27(13-12-26-9-7-6-8-10-26)21-33(32)28-14-16-29(17-15-28)36(37)38/h6-10,13-19,21-23,39H,5,11-12,20H2,1-4H3,(H,37,38). The number of carbonyl (C=O) groups is 1. The number of benzene rings is 2. The number of carboxylic acid groups (broad SMARTS) is 1. The third kappa shape index (κ3) is 5.87. The summed E-state index contributed by atoms with van der Waals surface area (Å²) in [7, 11) is 0.799. The molecule has 1 N–H and O–H groups in total. The van der Waals surface area contributed by atoms with Crippen molar-refractivity contribution in [2.24, 2.45) is 5.92 Å². The molecule has 2 atom stereocenters. The Morgan fingerprint density at radius 1 is 1.03 bits per heavy atom. The molecule has 0 saturated heterocycles. The van der Waals surface area contributed by atoms with Gasteiger partial charge in [0.25, 0.3) is 0 Å². The van der Waals surface area contributed by atoms with Crippen molar-refractivity contribution in [2.75, 3.05) is 0 Å². The van der Waals surface area contributed by atoms with Crippen LogP contribution in [0, 0.1) is 19.8 Å². The maximum atomic E-state index is 11.5. The van der Waals surface area contributed by atoms with E-state index in [1.54, 1.807) is 17.4 Å². The van der Waals surface area contributed by atoms with Gasteiger partial charge in [-0.25, -0.2) is 4.79 Å². The van der Waals surface area contributed by atoms with Crippen molar-refractivity contribution in [3.8, 4) is 0 Å². The second-order valence-electron chi connectivity index (χ2n) is 10.8. The number of aromatic carboxylic acids is 1. The average Bonchev–Trinajstić information content (AvgIpc) is 3.22. The Morgan fingerprint density at radius 2 is 1.77 bits per heavy atom. The van der Waals surface area contributed by atoms with E-state index in [9.17, 15) is 9.90 Å². The second-order valence-corrected chi connectivity index (χ2v) is 12.4. The van der Waals surface area contributed by atoms with Crippen LogP contribution >= 0.6 is 8.19 Å². The van der Waals surface area contributed by atoms with Crippen LogP contribution in [-0.2, 0) is 12.8 Å². The quantitative estimate of drug-likeness (QED) is 0.343. The maximum absolute atomic E-state index is 11.5. The van der Waals surface area contributed by atoms with Crippen LogP contribution in [0.25, 0.3) is 11.1 Å². The molecule has 0 radical (unpaired) electrons. The monoisotopic (exact) mass is 532 g/mol. The number of aryl methyl sites for hydroxylation is 2. The average molecular weight is 533 g/mol. The SMILES string of the molecule is CCc1[pH]c(C)c(C2=CC(C)CC=C3C(=C2)CC(=CCc2ccccc2)C=C3c2ccc(C(=O)O)cc2)c1C. The molecule has 0 aliphatic heterocycles. The molecule has 3 aromatic rings. The number of hydrogen-bond donors (Lipinski definition) is 1. The number of rotatable bonds is 6. The Morgan fingerprint density at radius 3 is 2.44 bits per heavy atom. The molecule has 2 aliphatic rings. The van der Waals surface area contributed by atoms with E-state index in [2.05, 4.69) is 88.4 Å². The Balaban J connectivity index is 1.63. The molecule has 1 heterocycles. The Bertz CT molecular complexity index is 1540. The minimum atomic E-state index is -0.896. The van der Waals surface area contributed by atoms with Gasteiger partial charge in [-0.1, -0.05) is 86.7 Å². The van der Waals surface area contributed by atoms with Crippen LogP contribution in [0.4, 0.5) is 0 Å². The van der Waals surface area contributed by atoms with E-state index >= 15 is 0 Å². The van der Waals surface area contributed by atoms with Crippen LogP contribution in [0.2, 0.25) is 0 Å². The first-order valence-electron chi connectivity index (χ1n) is 13.9. The number of allylic oxidation sites excluding steroid dienone is 10. The van der Waals surface area contributed by atoms with Crippen molar-refractivity contribution in [2.45, 2.75) is 53.4 Å². The molecule has 0 fully saturated rings. The highest BCUT2D eigenvalue weighted by molar-refractivity contribution is 7.32. The van der Waals surface area contributed by atoms with Crippen molar-refractivity contribution >= 4 is 25.3 Å². The van der Waals surface area contributed by atoms with Crippen LogP contribution in [0.5, 0.6) is 0 Å². The van der Waals surface area contributed by atoms with E-state index < -0.39 is 5.97 Å². The van der Waals surface area contributed by atoms with Gasteiger partial charge < -0.3 is 5.11 Å². The van der Waals surface area contributed by atoms with Gasteiger partial charge >= 0.3 is 5.97 Å². The van der Waals surface area contributed by atoms with Gasteiger partial charge in [-0.05, 0) is 118 Å². The van der Waals surface area contributed by atoms with E-state index in [0.717, 1.165) is 39.4 Å². The predicted molar refractivity (Wildman–Crippen MR) is 167 cm³/mol. The molecule has 0 bridgehead atoms. The van der Waals surface area contributed by atoms with Crippen LogP contribution < -0.4 is 0 Å². The molecule has 0 spiro atoms. The molecule has 3 heteroatoms. The first-order chi connectivity index (χ1) is 18.8. The molecule has 2 aromatic carbocycles. The van der Waals surface area contributed by atoms with E-state index in [-0.39, 0.29) is 0 Å². The fraction of sp³-hybridized carbons (Fsp3) is 0.250. The van der Waals surface area contributed by atoms with E-state index in [1.165, 1.54) is 49.9 Å². The van der Waals surface area contributed by atoms with Gasteiger partial charge in [0.2, 0.25) is 0 Å². The molecule has 2 aliphatic carbocycles.